The first-order valence-corrected chi connectivity index (χ1v) is 10.7. The lowest BCUT2D eigenvalue weighted by Crippen LogP contribution is -2.39. The Morgan fingerprint density at radius 2 is 1.84 bits per heavy atom. The summed E-state index contributed by atoms with van der Waals surface area (Å²) in [4.78, 5) is 23.3. The lowest BCUT2D eigenvalue weighted by molar-refractivity contribution is 0.168. The van der Waals surface area contributed by atoms with Crippen molar-refractivity contribution in [1.29, 1.82) is 10.5 Å². The number of ether oxygens (including phenoxy) is 1. The van der Waals surface area contributed by atoms with Gasteiger partial charge in [0.1, 0.15) is 24.1 Å². The fourth-order valence-electron chi connectivity index (χ4n) is 3.34. The van der Waals surface area contributed by atoms with Crippen molar-refractivity contribution >= 4 is 28.5 Å². The van der Waals surface area contributed by atoms with Crippen molar-refractivity contribution in [2.24, 2.45) is 0 Å². The summed E-state index contributed by atoms with van der Waals surface area (Å²) in [5.41, 5.74) is -0.699. The van der Waals surface area contributed by atoms with Crippen LogP contribution >= 0.6 is 22.6 Å². The fourth-order valence-corrected chi connectivity index (χ4v) is 3.62. The first kappa shape index (κ1) is 21.6. The maximum atomic E-state index is 13.9. The number of anilines is 1. The minimum atomic E-state index is -0.776. The Morgan fingerprint density at radius 3 is 2.47 bits per heavy atom. The average molecular weight is 543 g/mol. The molecule has 0 atom stereocenters. The second-order valence-electron chi connectivity index (χ2n) is 7.00. The van der Waals surface area contributed by atoms with Gasteiger partial charge in [-0.2, -0.15) is 15.2 Å². The molecule has 3 heterocycles. The van der Waals surface area contributed by atoms with Gasteiger partial charge in [0.15, 0.2) is 5.75 Å². The van der Waals surface area contributed by atoms with Gasteiger partial charge in [-0.25, -0.2) is 14.4 Å². The number of nitriles is 2. The molecule has 2 aromatic heterocycles. The molecule has 1 aliphatic heterocycles. The summed E-state index contributed by atoms with van der Waals surface area (Å²) in [6, 6.07) is 8.48. The van der Waals surface area contributed by atoms with Gasteiger partial charge in [-0.05, 0) is 34.7 Å². The third kappa shape index (κ3) is 4.53. The Kier molecular flexibility index (Phi) is 6.28. The monoisotopic (exact) mass is 543 g/mol. The first-order valence-electron chi connectivity index (χ1n) is 9.62. The van der Waals surface area contributed by atoms with Crippen molar-refractivity contribution in [3.05, 3.63) is 67.7 Å². The fraction of sp³-hybridized carbons (Fsp3) is 0.238. The second-order valence-corrected chi connectivity index (χ2v) is 8.25. The van der Waals surface area contributed by atoms with Gasteiger partial charge in [-0.3, -0.25) is 4.79 Å². The molecule has 1 saturated heterocycles. The van der Waals surface area contributed by atoms with E-state index in [4.69, 9.17) is 10.00 Å². The third-order valence-corrected chi connectivity index (χ3v) is 5.50. The maximum absolute atomic E-state index is 13.9. The number of nitrogens with zero attached hydrogens (tertiary/aromatic N) is 7. The lowest BCUT2D eigenvalue weighted by Gasteiger charge is -2.32. The summed E-state index contributed by atoms with van der Waals surface area (Å²) in [7, 11) is 0. The van der Waals surface area contributed by atoms with Crippen LogP contribution in [-0.4, -0.2) is 38.9 Å². The van der Waals surface area contributed by atoms with Crippen LogP contribution in [0.2, 0.25) is 0 Å². The molecule has 0 saturated carbocycles. The summed E-state index contributed by atoms with van der Waals surface area (Å²) in [5.74, 6) is -0.0336. The van der Waals surface area contributed by atoms with Crippen molar-refractivity contribution in [1.82, 2.24) is 19.7 Å². The minimum absolute atomic E-state index is 0.0854. The van der Waals surface area contributed by atoms with E-state index in [9.17, 15) is 14.4 Å². The molecule has 1 fully saturated rings. The van der Waals surface area contributed by atoms with Gasteiger partial charge >= 0.3 is 0 Å². The van der Waals surface area contributed by atoms with Crippen molar-refractivity contribution in [2.75, 3.05) is 18.0 Å². The topological polar surface area (TPSA) is 121 Å². The normalized spacial score (nSPS) is 13.9. The van der Waals surface area contributed by atoms with E-state index < -0.39 is 11.4 Å². The molecule has 1 aliphatic rings. The number of hydrogen-bond acceptors (Lipinski definition) is 8. The van der Waals surface area contributed by atoms with Gasteiger partial charge in [-0.15, -0.1) is 5.10 Å². The van der Waals surface area contributed by atoms with Crippen LogP contribution in [0.3, 0.4) is 0 Å². The van der Waals surface area contributed by atoms with E-state index in [-0.39, 0.29) is 28.8 Å². The number of rotatable bonds is 4. The van der Waals surface area contributed by atoms with Gasteiger partial charge in [0.05, 0.1) is 17.3 Å². The number of aromatic nitrogens is 4. The van der Waals surface area contributed by atoms with Gasteiger partial charge in [-0.1, -0.05) is 0 Å². The maximum Gasteiger partial charge on any atom is 0.275 e. The quantitative estimate of drug-likeness (QED) is 0.461. The summed E-state index contributed by atoms with van der Waals surface area (Å²) in [6.45, 7) is 1.34. The summed E-state index contributed by atoms with van der Waals surface area (Å²) < 4.78 is 21.7. The van der Waals surface area contributed by atoms with Crippen molar-refractivity contribution in [3.8, 4) is 23.6 Å². The second kappa shape index (κ2) is 9.28. The molecule has 0 unspecified atom stereocenters. The lowest BCUT2D eigenvalue weighted by atomic mass is 10.1. The molecule has 160 valence electrons. The Balaban J connectivity index is 1.50. The van der Waals surface area contributed by atoms with Gasteiger partial charge in [0, 0.05) is 48.0 Å². The summed E-state index contributed by atoms with van der Waals surface area (Å²) >= 11 is 2.15. The van der Waals surface area contributed by atoms with Crippen molar-refractivity contribution in [3.63, 3.8) is 0 Å². The molecule has 1 aromatic carbocycles. The highest BCUT2D eigenvalue weighted by Gasteiger charge is 2.24. The van der Waals surface area contributed by atoms with Crippen molar-refractivity contribution < 1.29 is 9.13 Å². The van der Waals surface area contributed by atoms with E-state index in [0.29, 0.717) is 31.9 Å². The molecule has 0 bridgehead atoms. The average Bonchev–Trinajstić information content (AvgIpc) is 2.80. The van der Waals surface area contributed by atoms with Crippen LogP contribution in [0.4, 0.5) is 10.3 Å². The number of piperidine rings is 1. The molecule has 11 heteroatoms. The molecule has 9 nitrogen and oxygen atoms in total. The molecule has 0 N–H and O–H groups in total. The van der Waals surface area contributed by atoms with Crippen LogP contribution in [0, 0.1) is 32.0 Å². The molecule has 32 heavy (non-hydrogen) atoms. The predicted molar refractivity (Wildman–Crippen MR) is 120 cm³/mol. The molecule has 0 spiro atoms. The Morgan fingerprint density at radius 1 is 1.12 bits per heavy atom. The molecule has 4 rings (SSSR count). The number of halogens is 2. The Hall–Kier alpha value is -3.58. The van der Waals surface area contributed by atoms with Gasteiger partial charge < -0.3 is 9.64 Å². The first-order chi connectivity index (χ1) is 15.5. The van der Waals surface area contributed by atoms with E-state index in [1.165, 1.54) is 18.2 Å². The third-order valence-electron chi connectivity index (χ3n) is 4.95. The van der Waals surface area contributed by atoms with Crippen LogP contribution < -0.4 is 15.2 Å². The standard InChI is InChI=1S/C21H15FIN7O2/c22-17-7-15(2-1-13(17)9-24)30-20(31)8-19(18(10-25)28-30)32-16-3-5-29(6-4-16)21-26-11-14(23)12-27-21/h1-2,7-8,11-12,16H,3-6H2. The van der Waals surface area contributed by atoms with E-state index in [0.717, 1.165) is 14.3 Å². The van der Waals surface area contributed by atoms with Crippen LogP contribution in [0.15, 0.2) is 41.5 Å². The van der Waals surface area contributed by atoms with Crippen molar-refractivity contribution in [2.45, 2.75) is 18.9 Å². The number of hydrogen-bond donors (Lipinski definition) is 0. The Labute approximate surface area is 195 Å². The highest BCUT2D eigenvalue weighted by Crippen LogP contribution is 2.23. The zero-order valence-electron chi connectivity index (χ0n) is 16.6. The molecular weight excluding hydrogens is 528 g/mol. The van der Waals surface area contributed by atoms with Crippen LogP contribution in [0.1, 0.15) is 24.1 Å². The molecule has 0 radical (unpaired) electrons. The molecular formula is C21H15FIN7O2. The highest BCUT2D eigenvalue weighted by atomic mass is 127. The molecule has 3 aromatic rings. The predicted octanol–water partition coefficient (Wildman–Crippen LogP) is 2.56. The van der Waals surface area contributed by atoms with Gasteiger partial charge in [0.2, 0.25) is 11.6 Å². The molecule has 0 aliphatic carbocycles. The smallest absolute Gasteiger partial charge is 0.275 e. The Bertz CT molecular complexity index is 1290. The largest absolute Gasteiger partial charge is 0.487 e. The molecule has 0 amide bonds. The summed E-state index contributed by atoms with van der Waals surface area (Å²) in [6.07, 6.45) is 4.62. The highest BCUT2D eigenvalue weighted by molar-refractivity contribution is 14.1. The van der Waals surface area contributed by atoms with E-state index in [1.54, 1.807) is 18.5 Å². The van der Waals surface area contributed by atoms with E-state index in [1.807, 2.05) is 6.07 Å². The summed E-state index contributed by atoms with van der Waals surface area (Å²) in [5, 5.41) is 22.4. The van der Waals surface area contributed by atoms with Gasteiger partial charge in [0.25, 0.3) is 5.56 Å². The zero-order chi connectivity index (χ0) is 22.7. The minimum Gasteiger partial charge on any atom is -0.487 e. The van der Waals surface area contributed by atoms with Crippen LogP contribution in [0.5, 0.6) is 5.75 Å². The number of benzene rings is 1. The van der Waals surface area contributed by atoms with Crippen LogP contribution in [-0.2, 0) is 0 Å². The van der Waals surface area contributed by atoms with Crippen LogP contribution in [0.25, 0.3) is 5.69 Å². The zero-order valence-corrected chi connectivity index (χ0v) is 18.7. The SMILES string of the molecule is N#Cc1ccc(-n2nc(C#N)c(OC3CCN(c4ncc(I)cn4)CC3)cc2=O)cc1F. The van der Waals surface area contributed by atoms with E-state index >= 15 is 0 Å². The van der Waals surface area contributed by atoms with E-state index in [2.05, 4.69) is 42.6 Å².